The van der Waals surface area contributed by atoms with E-state index in [-0.39, 0.29) is 17.1 Å². The van der Waals surface area contributed by atoms with Crippen molar-refractivity contribution in [2.75, 3.05) is 13.2 Å². The summed E-state index contributed by atoms with van der Waals surface area (Å²) in [5, 5.41) is 0. The summed E-state index contributed by atoms with van der Waals surface area (Å²) in [6.45, 7) is -3.21. The zero-order chi connectivity index (χ0) is 21.9. The molecule has 2 aromatic heterocycles. The Kier molecular flexibility index (Phi) is 6.01. The number of aromatic nitrogens is 3. The van der Waals surface area contributed by atoms with Gasteiger partial charge in [-0.15, -0.1) is 11.3 Å². The van der Waals surface area contributed by atoms with Crippen LogP contribution < -0.4 is 15.0 Å². The fourth-order valence-corrected chi connectivity index (χ4v) is 2.85. The number of rotatable bonds is 6. The number of thiazole rings is 1. The third kappa shape index (κ3) is 5.72. The molecule has 13 heteroatoms. The maximum absolute atomic E-state index is 12.6. The monoisotopic (exact) mass is 451 g/mol. The Balaban J connectivity index is 1.97. The predicted molar refractivity (Wildman–Crippen MR) is 94.0 cm³/mol. The van der Waals surface area contributed by atoms with E-state index in [2.05, 4.69) is 14.7 Å². The van der Waals surface area contributed by atoms with Crippen LogP contribution in [0.3, 0.4) is 0 Å². The van der Waals surface area contributed by atoms with Gasteiger partial charge in [0.05, 0.1) is 21.8 Å². The number of ether oxygens (including phenoxy) is 2. The van der Waals surface area contributed by atoms with Crippen molar-refractivity contribution in [2.24, 2.45) is 0 Å². The first-order valence-electron chi connectivity index (χ1n) is 8.04. The Morgan fingerprint density at radius 1 is 0.967 bits per heavy atom. The summed E-state index contributed by atoms with van der Waals surface area (Å²) >= 11 is 1.12. The van der Waals surface area contributed by atoms with Crippen LogP contribution in [0.2, 0.25) is 0 Å². The van der Waals surface area contributed by atoms with Crippen LogP contribution in [-0.4, -0.2) is 40.1 Å². The van der Waals surface area contributed by atoms with Crippen LogP contribution in [0.5, 0.6) is 11.8 Å². The first-order valence-corrected chi connectivity index (χ1v) is 8.92. The minimum absolute atomic E-state index is 0.0277. The number of hydrogen-bond donors (Lipinski definition) is 0. The zero-order valence-electron chi connectivity index (χ0n) is 14.7. The molecule has 3 aromatic rings. The van der Waals surface area contributed by atoms with Crippen molar-refractivity contribution in [3.8, 4) is 28.0 Å². The van der Waals surface area contributed by atoms with Gasteiger partial charge in [0.15, 0.2) is 13.2 Å². The topological polar surface area (TPSA) is 66.2 Å². The van der Waals surface area contributed by atoms with Crippen LogP contribution in [0, 0.1) is 0 Å². The Morgan fingerprint density at radius 2 is 1.60 bits per heavy atom. The molecule has 0 aliphatic rings. The smallest absolute Gasteiger partial charge is 0.422 e. The van der Waals surface area contributed by atoms with E-state index in [9.17, 15) is 31.1 Å². The maximum Gasteiger partial charge on any atom is 0.422 e. The summed E-state index contributed by atoms with van der Waals surface area (Å²) in [5.74, 6) is -0.142. The van der Waals surface area contributed by atoms with Gasteiger partial charge in [0.1, 0.15) is 5.75 Å². The minimum Gasteiger partial charge on any atom is -0.484 e. The lowest BCUT2D eigenvalue weighted by Gasteiger charge is -2.15. The zero-order valence-corrected chi connectivity index (χ0v) is 15.5. The lowest BCUT2D eigenvalue weighted by Crippen LogP contribution is -2.26. The first kappa shape index (κ1) is 21.6. The van der Waals surface area contributed by atoms with Crippen LogP contribution in [-0.2, 0) is 0 Å². The summed E-state index contributed by atoms with van der Waals surface area (Å²) in [5.41, 5.74) is 0.800. The van der Waals surface area contributed by atoms with Crippen molar-refractivity contribution in [2.45, 2.75) is 12.4 Å². The second-order valence-electron chi connectivity index (χ2n) is 5.76. The normalized spacial score (nSPS) is 12.1. The van der Waals surface area contributed by atoms with E-state index < -0.39 is 37.1 Å². The molecule has 0 radical (unpaired) electrons. The molecular weight excluding hydrogens is 440 g/mol. The average Bonchev–Trinajstić information content (AvgIpc) is 3.18. The predicted octanol–water partition coefficient (Wildman–Crippen LogP) is 4.24. The highest BCUT2D eigenvalue weighted by molar-refractivity contribution is 7.13. The van der Waals surface area contributed by atoms with Gasteiger partial charge in [-0.1, -0.05) is 0 Å². The molecule has 0 spiro atoms. The summed E-state index contributed by atoms with van der Waals surface area (Å²) in [4.78, 5) is 20.8. The van der Waals surface area contributed by atoms with Crippen molar-refractivity contribution in [3.63, 3.8) is 0 Å². The standard InChI is InChI=1S/C17H11F6N3O3S/c18-16(19,20)7-28-11-3-1-10(2-4-11)26-14(27)5-12(13-6-24-9-30-13)25-15(26)29-8-17(21,22)23/h1-6,9H,7-8H2. The third-order valence-electron chi connectivity index (χ3n) is 3.44. The van der Waals surface area contributed by atoms with Gasteiger partial charge >= 0.3 is 18.4 Å². The van der Waals surface area contributed by atoms with Gasteiger partial charge in [0, 0.05) is 12.3 Å². The van der Waals surface area contributed by atoms with E-state index in [0.29, 0.717) is 4.88 Å². The quantitative estimate of drug-likeness (QED) is 0.525. The van der Waals surface area contributed by atoms with E-state index in [1.165, 1.54) is 23.8 Å². The first-order chi connectivity index (χ1) is 14.0. The molecular formula is C17H11F6N3O3S. The van der Waals surface area contributed by atoms with Gasteiger partial charge in [-0.25, -0.2) is 4.57 Å². The minimum atomic E-state index is -4.68. The second kappa shape index (κ2) is 8.34. The van der Waals surface area contributed by atoms with Gasteiger partial charge in [0.25, 0.3) is 5.56 Å². The lowest BCUT2D eigenvalue weighted by atomic mass is 10.3. The molecule has 2 heterocycles. The van der Waals surface area contributed by atoms with Gasteiger partial charge in [-0.05, 0) is 24.3 Å². The Morgan fingerprint density at radius 3 is 2.17 bits per heavy atom. The van der Waals surface area contributed by atoms with Crippen LogP contribution in [0.15, 0.2) is 46.8 Å². The highest BCUT2D eigenvalue weighted by atomic mass is 32.1. The maximum atomic E-state index is 12.6. The van der Waals surface area contributed by atoms with Gasteiger partial charge < -0.3 is 9.47 Å². The Bertz CT molecular complexity index is 1050. The van der Waals surface area contributed by atoms with E-state index in [4.69, 9.17) is 4.74 Å². The van der Waals surface area contributed by atoms with Gasteiger partial charge in [-0.3, -0.25) is 9.78 Å². The van der Waals surface area contributed by atoms with Crippen molar-refractivity contribution in [3.05, 3.63) is 52.4 Å². The highest BCUT2D eigenvalue weighted by Gasteiger charge is 2.30. The molecule has 0 aliphatic carbocycles. The summed E-state index contributed by atoms with van der Waals surface area (Å²) in [6.07, 6.45) is -7.83. The second-order valence-corrected chi connectivity index (χ2v) is 6.65. The van der Waals surface area contributed by atoms with Crippen molar-refractivity contribution in [1.29, 1.82) is 0 Å². The van der Waals surface area contributed by atoms with Gasteiger partial charge in [0.2, 0.25) is 0 Å². The van der Waals surface area contributed by atoms with Crippen molar-refractivity contribution >= 4 is 11.3 Å². The fourth-order valence-electron chi connectivity index (χ4n) is 2.27. The molecule has 0 bridgehead atoms. The number of hydrogen-bond acceptors (Lipinski definition) is 6. The molecule has 0 saturated heterocycles. The number of alkyl halides is 6. The molecule has 3 rings (SSSR count). The molecule has 1 aromatic carbocycles. The van der Waals surface area contributed by atoms with E-state index >= 15 is 0 Å². The van der Waals surface area contributed by atoms with E-state index in [0.717, 1.165) is 34.1 Å². The summed E-state index contributed by atoms with van der Waals surface area (Å²) in [6, 6.07) is 5.12. The fraction of sp³-hybridized carbons (Fsp3) is 0.235. The number of halogens is 6. The molecule has 0 unspecified atom stereocenters. The SMILES string of the molecule is O=c1cc(-c2cncs2)nc(OCC(F)(F)F)n1-c1ccc(OCC(F)(F)F)cc1. The molecule has 0 atom stereocenters. The van der Waals surface area contributed by atoms with E-state index in [1.54, 1.807) is 0 Å². The molecule has 160 valence electrons. The van der Waals surface area contributed by atoms with Crippen LogP contribution >= 0.6 is 11.3 Å². The van der Waals surface area contributed by atoms with Gasteiger partial charge in [-0.2, -0.15) is 31.3 Å². The summed E-state index contributed by atoms with van der Waals surface area (Å²) < 4.78 is 84.7. The molecule has 30 heavy (non-hydrogen) atoms. The number of nitrogens with zero attached hydrogens (tertiary/aromatic N) is 3. The Labute approximate surface area is 168 Å². The van der Waals surface area contributed by atoms with E-state index in [1.807, 2.05) is 0 Å². The van der Waals surface area contributed by atoms with Crippen LogP contribution in [0.4, 0.5) is 26.3 Å². The molecule has 0 amide bonds. The number of benzene rings is 1. The van der Waals surface area contributed by atoms with Crippen LogP contribution in [0.1, 0.15) is 0 Å². The highest BCUT2D eigenvalue weighted by Crippen LogP contribution is 2.26. The molecule has 0 saturated carbocycles. The molecule has 0 N–H and O–H groups in total. The lowest BCUT2D eigenvalue weighted by molar-refractivity contribution is -0.155. The molecule has 0 fully saturated rings. The Hall–Kier alpha value is -3.09. The van der Waals surface area contributed by atoms with Crippen molar-refractivity contribution in [1.82, 2.24) is 14.5 Å². The third-order valence-corrected chi connectivity index (χ3v) is 4.23. The largest absolute Gasteiger partial charge is 0.484 e. The molecule has 6 nitrogen and oxygen atoms in total. The van der Waals surface area contributed by atoms with Crippen molar-refractivity contribution < 1.29 is 35.8 Å². The summed E-state index contributed by atoms with van der Waals surface area (Å²) in [7, 11) is 0. The average molecular weight is 451 g/mol. The van der Waals surface area contributed by atoms with Crippen LogP contribution in [0.25, 0.3) is 16.3 Å². The molecule has 0 aliphatic heterocycles.